The number of rotatable bonds is 4. The van der Waals surface area contributed by atoms with Gasteiger partial charge in [-0.1, -0.05) is 18.2 Å². The van der Waals surface area contributed by atoms with E-state index in [1.54, 1.807) is 0 Å². The molecular weight excluding hydrogens is 298 g/mol. The molecule has 4 nitrogen and oxygen atoms in total. The second-order valence-corrected chi connectivity index (χ2v) is 6.52. The van der Waals surface area contributed by atoms with Gasteiger partial charge in [0, 0.05) is 36.7 Å². The zero-order chi connectivity index (χ0) is 16.4. The number of nitrogens with zero attached hydrogens (tertiary/aromatic N) is 2. The topological polar surface area (TPSA) is 35.6 Å². The largest absolute Gasteiger partial charge is 0.376 e. The number of anilines is 3. The van der Waals surface area contributed by atoms with E-state index in [4.69, 9.17) is 0 Å². The van der Waals surface area contributed by atoms with Crippen LogP contribution in [0.5, 0.6) is 0 Å². The Labute approximate surface area is 143 Å². The molecule has 0 aliphatic carbocycles. The molecular formula is C20H23N3O. The highest BCUT2D eigenvalue weighted by Gasteiger charge is 2.23. The van der Waals surface area contributed by atoms with Gasteiger partial charge in [-0.2, -0.15) is 0 Å². The molecule has 2 heterocycles. The van der Waals surface area contributed by atoms with E-state index >= 15 is 0 Å². The first kappa shape index (κ1) is 15.1. The Morgan fingerprint density at radius 2 is 1.71 bits per heavy atom. The summed E-state index contributed by atoms with van der Waals surface area (Å²) in [4.78, 5) is 16.8. The van der Waals surface area contributed by atoms with Crippen LogP contribution in [0.25, 0.3) is 0 Å². The minimum Gasteiger partial charge on any atom is -0.376 e. The number of amides is 1. The van der Waals surface area contributed by atoms with E-state index in [1.807, 2.05) is 23.1 Å². The fraction of sp³-hybridized carbons (Fsp3) is 0.350. The van der Waals surface area contributed by atoms with Gasteiger partial charge < -0.3 is 15.1 Å². The van der Waals surface area contributed by atoms with Crippen molar-refractivity contribution in [2.75, 3.05) is 41.3 Å². The summed E-state index contributed by atoms with van der Waals surface area (Å²) in [6, 6.07) is 16.6. The van der Waals surface area contributed by atoms with Crippen LogP contribution in [0.2, 0.25) is 0 Å². The molecule has 1 saturated heterocycles. The van der Waals surface area contributed by atoms with Gasteiger partial charge in [0.15, 0.2) is 0 Å². The molecule has 2 aromatic rings. The molecule has 24 heavy (non-hydrogen) atoms. The lowest BCUT2D eigenvalue weighted by atomic mass is 10.2. The van der Waals surface area contributed by atoms with E-state index in [1.165, 1.54) is 24.1 Å². The van der Waals surface area contributed by atoms with Crippen LogP contribution >= 0.6 is 0 Å². The van der Waals surface area contributed by atoms with Crippen LogP contribution in [0.15, 0.2) is 48.5 Å². The van der Waals surface area contributed by atoms with E-state index in [0.717, 1.165) is 37.4 Å². The van der Waals surface area contributed by atoms with E-state index in [2.05, 4.69) is 40.5 Å². The summed E-state index contributed by atoms with van der Waals surface area (Å²) in [6.45, 7) is 3.42. The number of para-hydroxylation sites is 1. The van der Waals surface area contributed by atoms with Gasteiger partial charge in [-0.3, -0.25) is 4.79 Å². The van der Waals surface area contributed by atoms with Gasteiger partial charge >= 0.3 is 0 Å². The monoisotopic (exact) mass is 321 g/mol. The second-order valence-electron chi connectivity index (χ2n) is 6.52. The Morgan fingerprint density at radius 3 is 2.50 bits per heavy atom. The van der Waals surface area contributed by atoms with Gasteiger partial charge in [-0.25, -0.2) is 0 Å². The predicted molar refractivity (Wildman–Crippen MR) is 98.9 cm³/mol. The number of hydrogen-bond acceptors (Lipinski definition) is 3. The van der Waals surface area contributed by atoms with Crippen molar-refractivity contribution in [2.24, 2.45) is 0 Å². The third-order valence-corrected chi connectivity index (χ3v) is 4.97. The fourth-order valence-corrected chi connectivity index (χ4v) is 3.64. The maximum absolute atomic E-state index is 12.5. The van der Waals surface area contributed by atoms with Gasteiger partial charge in [-0.15, -0.1) is 0 Å². The molecule has 0 unspecified atom stereocenters. The Bertz CT molecular complexity index is 720. The highest BCUT2D eigenvalue weighted by molar-refractivity contribution is 5.98. The summed E-state index contributed by atoms with van der Waals surface area (Å²) in [7, 11) is 0. The molecule has 0 bridgehead atoms. The molecule has 124 valence electrons. The lowest BCUT2D eigenvalue weighted by molar-refractivity contribution is -0.116. The molecule has 4 rings (SSSR count). The highest BCUT2D eigenvalue weighted by atomic mass is 16.2. The average molecular weight is 321 g/mol. The molecule has 0 radical (unpaired) electrons. The molecule has 2 aliphatic heterocycles. The van der Waals surface area contributed by atoms with Crippen LogP contribution in [0.3, 0.4) is 0 Å². The van der Waals surface area contributed by atoms with Crippen molar-refractivity contribution in [3.8, 4) is 0 Å². The molecule has 0 aromatic heterocycles. The highest BCUT2D eigenvalue weighted by Crippen LogP contribution is 2.27. The normalized spacial score (nSPS) is 16.3. The van der Waals surface area contributed by atoms with E-state index in [0.29, 0.717) is 6.54 Å². The van der Waals surface area contributed by atoms with E-state index < -0.39 is 0 Å². The van der Waals surface area contributed by atoms with Gasteiger partial charge in [0.2, 0.25) is 5.91 Å². The van der Waals surface area contributed by atoms with Crippen molar-refractivity contribution >= 4 is 23.0 Å². The predicted octanol–water partition coefficient (Wildman–Crippen LogP) is 3.29. The summed E-state index contributed by atoms with van der Waals surface area (Å²) in [6.07, 6.45) is 3.52. The summed E-state index contributed by atoms with van der Waals surface area (Å²) in [5.74, 6) is 0.128. The number of hydrogen-bond donors (Lipinski definition) is 1. The Hall–Kier alpha value is -2.49. The van der Waals surface area contributed by atoms with Crippen LogP contribution in [0.4, 0.5) is 17.1 Å². The number of carbonyl (C=O) groups excluding carboxylic acids is 1. The van der Waals surface area contributed by atoms with Crippen LogP contribution in [0.1, 0.15) is 18.4 Å². The molecule has 1 N–H and O–H groups in total. The molecule has 1 fully saturated rings. The maximum Gasteiger partial charge on any atom is 0.246 e. The zero-order valence-electron chi connectivity index (χ0n) is 13.9. The van der Waals surface area contributed by atoms with Crippen molar-refractivity contribution in [3.63, 3.8) is 0 Å². The first-order valence-electron chi connectivity index (χ1n) is 8.78. The van der Waals surface area contributed by atoms with Gasteiger partial charge in [0.25, 0.3) is 0 Å². The molecule has 0 atom stereocenters. The quantitative estimate of drug-likeness (QED) is 0.938. The molecule has 1 amide bonds. The summed E-state index contributed by atoms with van der Waals surface area (Å²) in [5, 5.41) is 3.26. The second kappa shape index (κ2) is 6.56. The van der Waals surface area contributed by atoms with Crippen molar-refractivity contribution in [1.82, 2.24) is 0 Å². The first-order chi connectivity index (χ1) is 11.8. The van der Waals surface area contributed by atoms with Crippen LogP contribution in [-0.2, 0) is 11.2 Å². The van der Waals surface area contributed by atoms with Gasteiger partial charge in [0.1, 0.15) is 0 Å². The van der Waals surface area contributed by atoms with Crippen LogP contribution in [-0.4, -0.2) is 32.1 Å². The van der Waals surface area contributed by atoms with Crippen molar-refractivity contribution in [3.05, 3.63) is 54.1 Å². The summed E-state index contributed by atoms with van der Waals surface area (Å²) < 4.78 is 0. The standard InChI is InChI=1S/C20H23N3O/c24-20(23-14-11-16-5-1-2-6-19(16)23)15-21-17-7-9-18(10-8-17)22-12-3-4-13-22/h1-2,5-10,21H,3-4,11-15H2. The number of nitrogens with one attached hydrogen (secondary N) is 1. The fourth-order valence-electron chi connectivity index (χ4n) is 3.64. The smallest absolute Gasteiger partial charge is 0.246 e. The minimum absolute atomic E-state index is 0.128. The summed E-state index contributed by atoms with van der Waals surface area (Å²) >= 11 is 0. The van der Waals surface area contributed by atoms with Gasteiger partial charge in [0.05, 0.1) is 6.54 Å². The van der Waals surface area contributed by atoms with E-state index in [9.17, 15) is 4.79 Å². The molecule has 4 heteroatoms. The Morgan fingerprint density at radius 1 is 0.958 bits per heavy atom. The molecule has 2 aromatic carbocycles. The Balaban J connectivity index is 1.36. The molecule has 2 aliphatic rings. The summed E-state index contributed by atoms with van der Waals surface area (Å²) in [5.41, 5.74) is 4.60. The Kier molecular flexibility index (Phi) is 4.11. The maximum atomic E-state index is 12.5. The zero-order valence-corrected chi connectivity index (χ0v) is 13.9. The van der Waals surface area contributed by atoms with Crippen molar-refractivity contribution in [1.29, 1.82) is 0 Å². The number of fused-ring (bicyclic) bond motifs is 1. The van der Waals surface area contributed by atoms with Crippen LogP contribution < -0.4 is 15.1 Å². The number of benzene rings is 2. The molecule has 0 spiro atoms. The van der Waals surface area contributed by atoms with Crippen molar-refractivity contribution < 1.29 is 4.79 Å². The number of carbonyl (C=O) groups is 1. The SMILES string of the molecule is O=C(CNc1ccc(N2CCCC2)cc1)N1CCc2ccccc21. The molecule has 0 saturated carbocycles. The van der Waals surface area contributed by atoms with E-state index in [-0.39, 0.29) is 5.91 Å². The van der Waals surface area contributed by atoms with Crippen molar-refractivity contribution in [2.45, 2.75) is 19.3 Å². The first-order valence-corrected chi connectivity index (χ1v) is 8.78. The van der Waals surface area contributed by atoms with Crippen LogP contribution in [0, 0.1) is 0 Å². The minimum atomic E-state index is 0.128. The van der Waals surface area contributed by atoms with Gasteiger partial charge in [-0.05, 0) is 55.2 Å². The average Bonchev–Trinajstić information content (AvgIpc) is 3.30. The lowest BCUT2D eigenvalue weighted by Gasteiger charge is -2.19. The third kappa shape index (κ3) is 2.96. The lowest BCUT2D eigenvalue weighted by Crippen LogP contribution is -2.34. The third-order valence-electron chi connectivity index (χ3n) is 4.97.